The molecule has 0 radical (unpaired) electrons. The van der Waals surface area contributed by atoms with Crippen LogP contribution in [0.3, 0.4) is 0 Å². The first-order chi connectivity index (χ1) is 7.26. The van der Waals surface area contributed by atoms with Gasteiger partial charge >= 0.3 is 18.9 Å². The van der Waals surface area contributed by atoms with Gasteiger partial charge in [0, 0.05) is 6.54 Å². The molecule has 1 rings (SSSR count). The maximum Gasteiger partial charge on any atom is 1.00 e. The van der Waals surface area contributed by atoms with Gasteiger partial charge in [0.25, 0.3) is 5.91 Å². The van der Waals surface area contributed by atoms with E-state index >= 15 is 0 Å². The van der Waals surface area contributed by atoms with Crippen molar-refractivity contribution >= 4 is 17.2 Å². The topological polar surface area (TPSA) is 42.0 Å². The molecule has 0 spiro atoms. The number of hydrogen-bond donors (Lipinski definition) is 1. The fourth-order valence-electron chi connectivity index (χ4n) is 0.654. The van der Waals surface area contributed by atoms with Crippen LogP contribution < -0.4 is 24.2 Å². The van der Waals surface area contributed by atoms with Gasteiger partial charge in [-0.15, -0.1) is 11.3 Å². The number of hydrogen-bond acceptors (Lipinski definition) is 3. The average molecular weight is 234 g/mol. The van der Waals surface area contributed by atoms with Crippen molar-refractivity contribution in [2.24, 2.45) is 0 Å². The van der Waals surface area contributed by atoms with Crippen molar-refractivity contribution in [2.75, 3.05) is 6.54 Å². The van der Waals surface area contributed by atoms with Crippen LogP contribution in [0.5, 0.6) is 0 Å². The Labute approximate surface area is 114 Å². The Morgan fingerprint density at radius 2 is 2.12 bits per heavy atom. The van der Waals surface area contributed by atoms with Crippen molar-refractivity contribution in [3.63, 3.8) is 0 Å². The van der Waals surface area contributed by atoms with Gasteiger partial charge in [-0.05, 0) is 6.42 Å². The minimum absolute atomic E-state index is 0. The summed E-state index contributed by atoms with van der Waals surface area (Å²) in [6, 6.07) is 0. The molecule has 0 unspecified atom stereocenters. The number of rotatable bonds is 4. The van der Waals surface area contributed by atoms with E-state index in [1.165, 1.54) is 17.8 Å². The van der Waals surface area contributed by atoms with Gasteiger partial charge in [-0.3, -0.25) is 9.78 Å². The zero-order valence-electron chi connectivity index (χ0n) is 10.5. The molecule has 0 aromatic carbocycles. The molecular weight excluding hydrogens is 215 g/mol. The summed E-state index contributed by atoms with van der Waals surface area (Å²) >= 11 is 1.36. The average Bonchev–Trinajstić information content (AvgIpc) is 2.79. The summed E-state index contributed by atoms with van der Waals surface area (Å²) in [6.45, 7) is 8.48. The van der Waals surface area contributed by atoms with Gasteiger partial charge in [0.15, 0.2) is 0 Å². The quantitative estimate of drug-likeness (QED) is 0.584. The van der Waals surface area contributed by atoms with Crippen molar-refractivity contribution in [1.29, 1.82) is 0 Å². The van der Waals surface area contributed by atoms with E-state index in [0.29, 0.717) is 4.88 Å². The molecular formula is C11H19LiN2OS. The first kappa shape index (κ1) is 18.1. The first-order valence-electron chi connectivity index (χ1n) is 5.22. The Morgan fingerprint density at radius 3 is 2.50 bits per heavy atom. The number of nitrogens with zero attached hydrogens (tertiary/aromatic N) is 1. The standard InChI is InChI=1S/C7H10N2OS.C4H9.Li/c1-2-3-9-7(10)6-4-8-5-11-6;1-3-4-2;/h4-5H,2-3H2,1H3,(H,9,10);1,3-4H2,2H3;/q;-1;+1. The Balaban J connectivity index is 0. The molecule has 1 heterocycles. The van der Waals surface area contributed by atoms with E-state index in [4.69, 9.17) is 0 Å². The molecule has 1 N–H and O–H groups in total. The van der Waals surface area contributed by atoms with Crippen molar-refractivity contribution < 1.29 is 23.7 Å². The fraction of sp³-hybridized carbons (Fsp3) is 0.545. The third kappa shape index (κ3) is 8.96. The van der Waals surface area contributed by atoms with E-state index in [2.05, 4.69) is 24.1 Å². The molecule has 5 heteroatoms. The van der Waals surface area contributed by atoms with Crippen molar-refractivity contribution in [3.8, 4) is 0 Å². The van der Waals surface area contributed by atoms with Gasteiger partial charge in [-0.25, -0.2) is 0 Å². The molecule has 0 saturated carbocycles. The monoisotopic (exact) mass is 234 g/mol. The molecule has 3 nitrogen and oxygen atoms in total. The molecule has 16 heavy (non-hydrogen) atoms. The molecule has 0 fully saturated rings. The number of amides is 1. The van der Waals surface area contributed by atoms with Gasteiger partial charge < -0.3 is 12.2 Å². The normalized spacial score (nSPS) is 8.44. The zero-order valence-corrected chi connectivity index (χ0v) is 11.3. The molecule has 86 valence electrons. The maximum absolute atomic E-state index is 11.1. The van der Waals surface area contributed by atoms with E-state index in [0.717, 1.165) is 19.4 Å². The predicted molar refractivity (Wildman–Crippen MR) is 65.0 cm³/mol. The van der Waals surface area contributed by atoms with Crippen LogP contribution >= 0.6 is 11.3 Å². The fourth-order valence-corrected chi connectivity index (χ4v) is 1.19. The summed E-state index contributed by atoms with van der Waals surface area (Å²) in [5.74, 6) is -0.0191. The smallest absolute Gasteiger partial charge is 0.351 e. The molecule has 0 aliphatic heterocycles. The van der Waals surface area contributed by atoms with E-state index in [-0.39, 0.29) is 24.8 Å². The number of thiazole rings is 1. The van der Waals surface area contributed by atoms with Crippen LogP contribution in [0, 0.1) is 6.92 Å². The Bertz CT molecular complexity index is 250. The zero-order chi connectivity index (χ0) is 11.5. The SMILES string of the molecule is CCCNC(=O)c1cncs1.[CH2-]CCC.[Li+]. The summed E-state index contributed by atoms with van der Waals surface area (Å²) in [7, 11) is 0. The molecule has 1 aromatic heterocycles. The molecule has 0 aliphatic carbocycles. The van der Waals surface area contributed by atoms with Crippen molar-refractivity contribution in [2.45, 2.75) is 33.1 Å². The molecule has 1 aromatic rings. The third-order valence-corrected chi connectivity index (χ3v) is 2.32. The number of nitrogens with one attached hydrogen (secondary N) is 1. The summed E-state index contributed by atoms with van der Waals surface area (Å²) in [5, 5.41) is 2.77. The second-order valence-corrected chi connectivity index (χ2v) is 3.86. The van der Waals surface area contributed by atoms with Gasteiger partial charge in [0.1, 0.15) is 4.88 Å². The molecule has 0 aliphatic rings. The second-order valence-electron chi connectivity index (χ2n) is 2.98. The van der Waals surface area contributed by atoms with Crippen LogP contribution in [0.2, 0.25) is 0 Å². The van der Waals surface area contributed by atoms with E-state index in [1.807, 2.05) is 6.92 Å². The van der Waals surface area contributed by atoms with Crippen LogP contribution in [-0.2, 0) is 0 Å². The van der Waals surface area contributed by atoms with Crippen molar-refractivity contribution in [1.82, 2.24) is 10.3 Å². The van der Waals surface area contributed by atoms with Crippen molar-refractivity contribution in [3.05, 3.63) is 23.5 Å². The summed E-state index contributed by atoms with van der Waals surface area (Å²) in [6.07, 6.45) is 4.82. The van der Waals surface area contributed by atoms with E-state index < -0.39 is 0 Å². The minimum atomic E-state index is -0.0191. The van der Waals surface area contributed by atoms with Crippen LogP contribution in [0.1, 0.15) is 42.8 Å². The molecule has 1 amide bonds. The van der Waals surface area contributed by atoms with Crippen LogP contribution in [0.25, 0.3) is 0 Å². The van der Waals surface area contributed by atoms with Gasteiger partial charge in [0.05, 0.1) is 11.7 Å². The van der Waals surface area contributed by atoms with Gasteiger partial charge in [0.2, 0.25) is 0 Å². The summed E-state index contributed by atoms with van der Waals surface area (Å²) in [4.78, 5) is 15.6. The third-order valence-electron chi connectivity index (χ3n) is 1.55. The van der Waals surface area contributed by atoms with E-state index in [1.54, 1.807) is 11.7 Å². The molecule has 0 atom stereocenters. The summed E-state index contributed by atoms with van der Waals surface area (Å²) in [5.41, 5.74) is 1.65. The number of carbonyl (C=O) groups is 1. The second kappa shape index (κ2) is 12.8. The number of aromatic nitrogens is 1. The van der Waals surface area contributed by atoms with Crippen LogP contribution in [-0.4, -0.2) is 17.4 Å². The van der Waals surface area contributed by atoms with Crippen LogP contribution in [0.4, 0.5) is 0 Å². The number of carbonyl (C=O) groups excluding carboxylic acids is 1. The Hall–Kier alpha value is -0.303. The maximum atomic E-state index is 11.1. The van der Waals surface area contributed by atoms with Crippen LogP contribution in [0.15, 0.2) is 11.7 Å². The Kier molecular flexibility index (Phi) is 14.4. The van der Waals surface area contributed by atoms with Gasteiger partial charge in [-0.2, -0.15) is 6.42 Å². The largest absolute Gasteiger partial charge is 1.00 e. The number of unbranched alkanes of at least 4 members (excludes halogenated alkanes) is 1. The Morgan fingerprint density at radius 1 is 1.50 bits per heavy atom. The molecule has 0 bridgehead atoms. The molecule has 0 saturated heterocycles. The minimum Gasteiger partial charge on any atom is -0.351 e. The first-order valence-corrected chi connectivity index (χ1v) is 6.10. The van der Waals surface area contributed by atoms with Gasteiger partial charge in [-0.1, -0.05) is 20.3 Å². The van der Waals surface area contributed by atoms with E-state index in [9.17, 15) is 4.79 Å². The predicted octanol–water partition coefficient (Wildman–Crippen LogP) is -0.0925. The summed E-state index contributed by atoms with van der Waals surface area (Å²) < 4.78 is 0.